The molecule has 1 rings (SSSR count). The van der Waals surface area contributed by atoms with Crippen molar-refractivity contribution in [1.82, 2.24) is 0 Å². The van der Waals surface area contributed by atoms with Gasteiger partial charge in [-0.15, -0.1) is 6.42 Å². The molecular formula is C8H8FNO2. The van der Waals surface area contributed by atoms with E-state index in [1.165, 1.54) is 0 Å². The molecule has 0 aromatic heterocycles. The summed E-state index contributed by atoms with van der Waals surface area (Å²) in [6, 6.07) is 0. The summed E-state index contributed by atoms with van der Waals surface area (Å²) in [5, 5.41) is 0. The quantitative estimate of drug-likeness (QED) is 0.454. The molecule has 4 heteroatoms. The maximum atomic E-state index is 11.9. The molecule has 1 aliphatic rings. The van der Waals surface area contributed by atoms with Crippen molar-refractivity contribution in [2.75, 3.05) is 0 Å². The van der Waals surface area contributed by atoms with E-state index in [1.807, 2.05) is 0 Å². The van der Waals surface area contributed by atoms with Crippen LogP contribution in [-0.2, 0) is 9.53 Å². The predicted octanol–water partition coefficient (Wildman–Crippen LogP) is 0.321. The molecule has 1 saturated heterocycles. The number of ether oxygens (including phenoxy) is 1. The molecule has 0 spiro atoms. The molecule has 1 heterocycles. The van der Waals surface area contributed by atoms with Crippen molar-refractivity contribution in [2.45, 2.75) is 12.5 Å². The molecule has 0 aromatic carbocycles. The second kappa shape index (κ2) is 3.26. The van der Waals surface area contributed by atoms with Crippen molar-refractivity contribution in [1.29, 1.82) is 0 Å². The number of nitrogens with two attached hydrogens (primary N) is 1. The Bertz CT molecular complexity index is 267. The monoisotopic (exact) mass is 169 g/mol. The summed E-state index contributed by atoms with van der Waals surface area (Å²) in [7, 11) is 0. The molecule has 0 aromatic rings. The Morgan fingerprint density at radius 2 is 2.58 bits per heavy atom. The van der Waals surface area contributed by atoms with Crippen molar-refractivity contribution in [3.05, 3.63) is 12.0 Å². The fourth-order valence-electron chi connectivity index (χ4n) is 1.07. The van der Waals surface area contributed by atoms with Gasteiger partial charge in [-0.2, -0.15) is 0 Å². The molecule has 0 radical (unpaired) electrons. The summed E-state index contributed by atoms with van der Waals surface area (Å²) >= 11 is 0. The van der Waals surface area contributed by atoms with Crippen molar-refractivity contribution in [3.63, 3.8) is 0 Å². The van der Waals surface area contributed by atoms with Gasteiger partial charge in [0.25, 0.3) is 0 Å². The van der Waals surface area contributed by atoms with E-state index in [9.17, 15) is 9.18 Å². The van der Waals surface area contributed by atoms with Crippen LogP contribution in [0.15, 0.2) is 12.0 Å². The number of terminal acetylenes is 1. The maximum Gasteiger partial charge on any atom is 0.307 e. The first-order valence-corrected chi connectivity index (χ1v) is 3.40. The van der Waals surface area contributed by atoms with Gasteiger partial charge in [0, 0.05) is 0 Å². The van der Waals surface area contributed by atoms with E-state index in [0.29, 0.717) is 0 Å². The third-order valence-electron chi connectivity index (χ3n) is 1.68. The zero-order valence-electron chi connectivity index (χ0n) is 6.29. The van der Waals surface area contributed by atoms with Gasteiger partial charge in [-0.1, -0.05) is 5.92 Å². The number of hydrogen-bond acceptors (Lipinski definition) is 3. The van der Waals surface area contributed by atoms with Crippen LogP contribution in [0.1, 0.15) is 6.42 Å². The van der Waals surface area contributed by atoms with Crippen LogP contribution in [0, 0.1) is 18.3 Å². The first-order chi connectivity index (χ1) is 5.69. The summed E-state index contributed by atoms with van der Waals surface area (Å²) < 4.78 is 16.6. The van der Waals surface area contributed by atoms with Gasteiger partial charge in [-0.25, -0.2) is 4.39 Å². The van der Waals surface area contributed by atoms with Gasteiger partial charge >= 0.3 is 5.97 Å². The molecule has 12 heavy (non-hydrogen) atoms. The van der Waals surface area contributed by atoms with Crippen LogP contribution in [0.3, 0.4) is 0 Å². The van der Waals surface area contributed by atoms with E-state index in [-0.39, 0.29) is 18.4 Å². The highest BCUT2D eigenvalue weighted by Gasteiger charge is 2.35. The number of esters is 1. The normalized spacial score (nSPS) is 29.7. The summed E-state index contributed by atoms with van der Waals surface area (Å²) in [6.07, 6.45) is 4.62. The molecule has 64 valence electrons. The summed E-state index contributed by atoms with van der Waals surface area (Å²) in [4.78, 5) is 10.7. The molecule has 0 saturated carbocycles. The standard InChI is InChI=1S/C8H8FNO2/c1-2-5-3-7(11)12-8(5)6(10)4-9/h1,4-5,8H,3,10H2. The smallest absolute Gasteiger partial charge is 0.307 e. The van der Waals surface area contributed by atoms with Crippen LogP contribution >= 0.6 is 0 Å². The molecule has 1 fully saturated rings. The topological polar surface area (TPSA) is 52.3 Å². The van der Waals surface area contributed by atoms with Crippen molar-refractivity contribution < 1.29 is 13.9 Å². The molecule has 2 atom stereocenters. The van der Waals surface area contributed by atoms with Crippen LogP contribution in [-0.4, -0.2) is 12.1 Å². The third-order valence-corrected chi connectivity index (χ3v) is 1.68. The van der Waals surface area contributed by atoms with Gasteiger partial charge in [0.1, 0.15) is 6.33 Å². The van der Waals surface area contributed by atoms with E-state index in [2.05, 4.69) is 5.92 Å². The largest absolute Gasteiger partial charge is 0.454 e. The Hall–Kier alpha value is -1.50. The number of halogens is 1. The van der Waals surface area contributed by atoms with Crippen LogP contribution < -0.4 is 5.73 Å². The Morgan fingerprint density at radius 1 is 1.92 bits per heavy atom. The second-order valence-corrected chi connectivity index (χ2v) is 2.50. The highest BCUT2D eigenvalue weighted by Crippen LogP contribution is 2.24. The summed E-state index contributed by atoms with van der Waals surface area (Å²) in [6.45, 7) is 0. The highest BCUT2D eigenvalue weighted by molar-refractivity contribution is 5.73. The van der Waals surface area contributed by atoms with Gasteiger partial charge in [0.15, 0.2) is 6.10 Å². The molecule has 2 N–H and O–H groups in total. The first kappa shape index (κ1) is 8.60. The molecule has 3 nitrogen and oxygen atoms in total. The number of carbonyl (C=O) groups excluding carboxylic acids is 1. The fraction of sp³-hybridized carbons (Fsp3) is 0.375. The molecular weight excluding hydrogens is 161 g/mol. The number of cyclic esters (lactones) is 1. The van der Waals surface area contributed by atoms with Gasteiger partial charge in [0.05, 0.1) is 18.0 Å². The number of hydrogen-bond donors (Lipinski definition) is 1. The lowest BCUT2D eigenvalue weighted by molar-refractivity contribution is -0.140. The second-order valence-electron chi connectivity index (χ2n) is 2.50. The zero-order chi connectivity index (χ0) is 9.14. The van der Waals surface area contributed by atoms with Crippen molar-refractivity contribution in [3.8, 4) is 12.3 Å². The third kappa shape index (κ3) is 1.40. The van der Waals surface area contributed by atoms with Crippen LogP contribution in [0.4, 0.5) is 4.39 Å². The number of rotatable bonds is 1. The van der Waals surface area contributed by atoms with E-state index < -0.39 is 18.0 Å². The SMILES string of the molecule is C#CC1CC(=O)OC1C(N)=CF. The van der Waals surface area contributed by atoms with E-state index in [4.69, 9.17) is 16.9 Å². The van der Waals surface area contributed by atoms with Crippen molar-refractivity contribution >= 4 is 5.97 Å². The average molecular weight is 169 g/mol. The minimum absolute atomic E-state index is 0.107. The van der Waals surface area contributed by atoms with Gasteiger partial charge in [-0.05, 0) is 0 Å². The zero-order valence-corrected chi connectivity index (χ0v) is 6.29. The minimum Gasteiger partial charge on any atom is -0.454 e. The molecule has 0 aliphatic carbocycles. The van der Waals surface area contributed by atoms with Gasteiger partial charge in [-0.3, -0.25) is 4.79 Å². The van der Waals surface area contributed by atoms with Gasteiger partial charge < -0.3 is 10.5 Å². The maximum absolute atomic E-state index is 11.9. The van der Waals surface area contributed by atoms with E-state index in [1.54, 1.807) is 0 Å². The number of carbonyl (C=O) groups is 1. The summed E-state index contributed by atoms with van der Waals surface area (Å²) in [5.74, 6) is 1.45. The van der Waals surface area contributed by atoms with Crippen LogP contribution in [0.5, 0.6) is 0 Å². The Labute approximate surface area is 69.4 Å². The Morgan fingerprint density at radius 3 is 3.08 bits per heavy atom. The molecule has 2 unspecified atom stereocenters. The van der Waals surface area contributed by atoms with E-state index >= 15 is 0 Å². The highest BCUT2D eigenvalue weighted by atomic mass is 19.1. The van der Waals surface area contributed by atoms with Crippen LogP contribution in [0.2, 0.25) is 0 Å². The van der Waals surface area contributed by atoms with E-state index in [0.717, 1.165) is 0 Å². The lowest BCUT2D eigenvalue weighted by atomic mass is 10.0. The summed E-state index contributed by atoms with van der Waals surface area (Å²) in [5.41, 5.74) is 5.08. The molecule has 0 bridgehead atoms. The Kier molecular flexibility index (Phi) is 2.34. The molecule has 1 aliphatic heterocycles. The van der Waals surface area contributed by atoms with Crippen LogP contribution in [0.25, 0.3) is 0 Å². The lowest BCUT2D eigenvalue weighted by Gasteiger charge is -2.11. The Balaban J connectivity index is 2.78. The average Bonchev–Trinajstić information content (AvgIpc) is 2.45. The fourth-order valence-corrected chi connectivity index (χ4v) is 1.07. The predicted molar refractivity (Wildman–Crippen MR) is 40.2 cm³/mol. The first-order valence-electron chi connectivity index (χ1n) is 3.40. The molecule has 0 amide bonds. The van der Waals surface area contributed by atoms with Crippen molar-refractivity contribution in [2.24, 2.45) is 11.7 Å². The van der Waals surface area contributed by atoms with Gasteiger partial charge in [0.2, 0.25) is 0 Å². The lowest BCUT2D eigenvalue weighted by Crippen LogP contribution is -2.22. The minimum atomic E-state index is -0.785.